The van der Waals surface area contributed by atoms with Crippen LogP contribution < -0.4 is 11.5 Å². The van der Waals surface area contributed by atoms with Gasteiger partial charge in [0.2, 0.25) is 0 Å². The molecule has 1 atom stereocenters. The van der Waals surface area contributed by atoms with E-state index in [2.05, 4.69) is 4.99 Å². The highest BCUT2D eigenvalue weighted by Gasteiger charge is 2.29. The zero-order valence-electron chi connectivity index (χ0n) is 9.48. The Labute approximate surface area is 98.8 Å². The second-order valence-electron chi connectivity index (χ2n) is 4.07. The normalized spacial score (nSPS) is 23.6. The van der Waals surface area contributed by atoms with Crippen LogP contribution in [0, 0.1) is 0 Å². The number of nitrogens with two attached hydrogens (primary N) is 2. The molecule has 90 valence electrons. The molecule has 0 saturated carbocycles. The molecule has 0 unspecified atom stereocenters. The molecule has 1 aliphatic heterocycles. The van der Waals surface area contributed by atoms with E-state index in [1.165, 1.54) is 0 Å². The maximum atomic E-state index is 12.7. The number of hydrogen-bond acceptors (Lipinski definition) is 4. The number of benzene rings is 1. The summed E-state index contributed by atoms with van der Waals surface area (Å²) in [7, 11) is 0. The molecule has 0 fully saturated rings. The maximum absolute atomic E-state index is 12.7. The predicted octanol–water partition coefficient (Wildman–Crippen LogP) is 1.68. The molecule has 0 saturated heterocycles. The first-order valence-electron chi connectivity index (χ1n) is 5.20. The van der Waals surface area contributed by atoms with Crippen LogP contribution in [0.1, 0.15) is 12.5 Å². The number of rotatable bonds is 2. The standard InChI is InChI=1S/C12H14FN3O/c1-12(8-3-2-4-9(14)5-8)6-10(7-13)17-11(15)16-12/h2-6H,7,14H2,1H3,(H2,15,16)/t12-/m0/s1. The lowest BCUT2D eigenvalue weighted by Crippen LogP contribution is -2.30. The molecule has 0 spiro atoms. The van der Waals surface area contributed by atoms with E-state index in [1.54, 1.807) is 18.2 Å². The Kier molecular flexibility index (Phi) is 2.75. The number of aliphatic imine (C=N–C) groups is 1. The first-order valence-corrected chi connectivity index (χ1v) is 5.20. The van der Waals surface area contributed by atoms with Gasteiger partial charge in [0.25, 0.3) is 6.02 Å². The summed E-state index contributed by atoms with van der Waals surface area (Å²) in [6.07, 6.45) is 1.61. The summed E-state index contributed by atoms with van der Waals surface area (Å²) in [5.41, 5.74) is 12.0. The molecule has 0 amide bonds. The molecule has 1 aliphatic rings. The van der Waals surface area contributed by atoms with Gasteiger partial charge in [-0.3, -0.25) is 0 Å². The van der Waals surface area contributed by atoms with Crippen LogP contribution in [0.15, 0.2) is 41.1 Å². The summed E-state index contributed by atoms with van der Waals surface area (Å²) in [4.78, 5) is 4.20. The van der Waals surface area contributed by atoms with E-state index in [-0.39, 0.29) is 11.8 Å². The Balaban J connectivity index is 2.47. The van der Waals surface area contributed by atoms with Crippen molar-refractivity contribution in [3.63, 3.8) is 0 Å². The lowest BCUT2D eigenvalue weighted by molar-refractivity contribution is 0.317. The topological polar surface area (TPSA) is 73.6 Å². The molecule has 1 aromatic rings. The fourth-order valence-electron chi connectivity index (χ4n) is 1.83. The molecular formula is C12H14FN3O. The molecule has 0 aromatic heterocycles. The van der Waals surface area contributed by atoms with E-state index in [4.69, 9.17) is 16.2 Å². The van der Waals surface area contributed by atoms with Crippen molar-refractivity contribution in [1.29, 1.82) is 0 Å². The zero-order chi connectivity index (χ0) is 12.5. The summed E-state index contributed by atoms with van der Waals surface area (Å²) in [6, 6.07) is 7.21. The minimum atomic E-state index is -0.737. The van der Waals surface area contributed by atoms with Crippen molar-refractivity contribution in [2.24, 2.45) is 10.7 Å². The number of nitrogens with zero attached hydrogens (tertiary/aromatic N) is 1. The van der Waals surface area contributed by atoms with Gasteiger partial charge in [-0.05, 0) is 30.7 Å². The second kappa shape index (κ2) is 4.08. The number of halogens is 1. The number of allylic oxidation sites excluding steroid dienone is 1. The van der Waals surface area contributed by atoms with Crippen LogP contribution in [0.4, 0.5) is 10.1 Å². The number of alkyl halides is 1. The van der Waals surface area contributed by atoms with Crippen LogP contribution >= 0.6 is 0 Å². The Morgan fingerprint density at radius 3 is 2.82 bits per heavy atom. The number of amidine groups is 1. The zero-order valence-corrected chi connectivity index (χ0v) is 9.48. The van der Waals surface area contributed by atoms with E-state index in [0.29, 0.717) is 5.69 Å². The Bertz CT molecular complexity index is 498. The van der Waals surface area contributed by atoms with Crippen molar-refractivity contribution < 1.29 is 9.13 Å². The minimum absolute atomic E-state index is 0.0370. The van der Waals surface area contributed by atoms with Crippen LogP contribution in [-0.4, -0.2) is 12.7 Å². The first-order chi connectivity index (χ1) is 8.03. The number of ether oxygens (including phenoxy) is 1. The molecule has 4 N–H and O–H groups in total. The second-order valence-corrected chi connectivity index (χ2v) is 4.07. The van der Waals surface area contributed by atoms with Crippen molar-refractivity contribution >= 4 is 11.7 Å². The fraction of sp³-hybridized carbons (Fsp3) is 0.250. The van der Waals surface area contributed by atoms with Gasteiger partial charge in [0.05, 0.1) is 0 Å². The third kappa shape index (κ3) is 2.22. The third-order valence-corrected chi connectivity index (χ3v) is 2.62. The maximum Gasteiger partial charge on any atom is 0.288 e. The van der Waals surface area contributed by atoms with E-state index < -0.39 is 12.2 Å². The quantitative estimate of drug-likeness (QED) is 0.766. The van der Waals surface area contributed by atoms with Gasteiger partial charge in [0, 0.05) is 5.69 Å². The van der Waals surface area contributed by atoms with E-state index >= 15 is 0 Å². The highest BCUT2D eigenvalue weighted by molar-refractivity contribution is 5.75. The summed E-state index contributed by atoms with van der Waals surface area (Å²) in [5.74, 6) is 0.169. The van der Waals surface area contributed by atoms with Crippen LogP contribution in [0.2, 0.25) is 0 Å². The summed E-state index contributed by atoms with van der Waals surface area (Å²) in [5, 5.41) is 0. The van der Waals surface area contributed by atoms with Gasteiger partial charge in [-0.2, -0.15) is 0 Å². The molecule has 0 aliphatic carbocycles. The van der Waals surface area contributed by atoms with Crippen molar-refractivity contribution in [3.8, 4) is 0 Å². The minimum Gasteiger partial charge on any atom is -0.428 e. The molecule has 5 heteroatoms. The molecule has 4 nitrogen and oxygen atoms in total. The first kappa shape index (κ1) is 11.4. The Morgan fingerprint density at radius 2 is 2.18 bits per heavy atom. The van der Waals surface area contributed by atoms with Crippen LogP contribution in [0.5, 0.6) is 0 Å². The molecule has 1 heterocycles. The van der Waals surface area contributed by atoms with Gasteiger partial charge >= 0.3 is 0 Å². The van der Waals surface area contributed by atoms with Gasteiger partial charge in [-0.1, -0.05) is 12.1 Å². The fourth-order valence-corrected chi connectivity index (χ4v) is 1.83. The van der Waals surface area contributed by atoms with E-state index in [9.17, 15) is 4.39 Å². The van der Waals surface area contributed by atoms with Crippen LogP contribution in [-0.2, 0) is 10.3 Å². The number of anilines is 1. The van der Waals surface area contributed by atoms with Crippen LogP contribution in [0.25, 0.3) is 0 Å². The highest BCUT2D eigenvalue weighted by atomic mass is 19.1. The smallest absolute Gasteiger partial charge is 0.288 e. The Morgan fingerprint density at radius 1 is 1.41 bits per heavy atom. The SMILES string of the molecule is C[C@@]1(c2cccc(N)c2)C=C(CF)OC(N)=N1. The van der Waals surface area contributed by atoms with Crippen molar-refractivity contribution in [3.05, 3.63) is 41.7 Å². The molecular weight excluding hydrogens is 221 g/mol. The largest absolute Gasteiger partial charge is 0.428 e. The van der Waals surface area contributed by atoms with Crippen LogP contribution in [0.3, 0.4) is 0 Å². The molecule has 17 heavy (non-hydrogen) atoms. The number of hydrogen-bond donors (Lipinski definition) is 2. The Hall–Kier alpha value is -2.04. The number of nitrogen functional groups attached to an aromatic ring is 1. The molecule has 2 rings (SSSR count). The lowest BCUT2D eigenvalue weighted by atomic mass is 9.91. The van der Waals surface area contributed by atoms with Gasteiger partial charge in [-0.15, -0.1) is 0 Å². The summed E-state index contributed by atoms with van der Waals surface area (Å²) >= 11 is 0. The third-order valence-electron chi connectivity index (χ3n) is 2.62. The monoisotopic (exact) mass is 235 g/mol. The van der Waals surface area contributed by atoms with Gasteiger partial charge < -0.3 is 16.2 Å². The summed E-state index contributed by atoms with van der Waals surface area (Å²) < 4.78 is 17.6. The van der Waals surface area contributed by atoms with E-state index in [0.717, 1.165) is 5.56 Å². The van der Waals surface area contributed by atoms with E-state index in [1.807, 2.05) is 19.1 Å². The average molecular weight is 235 g/mol. The molecule has 0 radical (unpaired) electrons. The summed E-state index contributed by atoms with van der Waals surface area (Å²) in [6.45, 7) is 1.11. The van der Waals surface area contributed by atoms with Crippen molar-refractivity contribution in [2.45, 2.75) is 12.5 Å². The van der Waals surface area contributed by atoms with Crippen molar-refractivity contribution in [1.82, 2.24) is 0 Å². The van der Waals surface area contributed by atoms with Gasteiger partial charge in [0.15, 0.2) is 0 Å². The van der Waals surface area contributed by atoms with Gasteiger partial charge in [0.1, 0.15) is 18.0 Å². The van der Waals surface area contributed by atoms with Crippen molar-refractivity contribution in [2.75, 3.05) is 12.4 Å². The lowest BCUT2D eigenvalue weighted by Gasteiger charge is -2.27. The average Bonchev–Trinajstić information content (AvgIpc) is 2.28. The molecule has 0 bridgehead atoms. The molecule has 1 aromatic carbocycles. The van der Waals surface area contributed by atoms with Gasteiger partial charge in [-0.25, -0.2) is 9.38 Å². The predicted molar refractivity (Wildman–Crippen MR) is 65.0 cm³/mol. The highest BCUT2D eigenvalue weighted by Crippen LogP contribution is 2.32.